The maximum absolute atomic E-state index is 3.40. The fraction of sp³-hybridized carbons (Fsp3) is 0.356. The van der Waals surface area contributed by atoms with Gasteiger partial charge >= 0.3 is 28.4 Å². The molecule has 0 aliphatic heterocycles. The first-order valence-electron chi connectivity index (χ1n) is 16.3. The zero-order chi connectivity index (χ0) is 34.5. The Hall–Kier alpha value is -2.31. The van der Waals surface area contributed by atoms with E-state index >= 15 is 0 Å². The number of allylic oxidation sites excluding steroid dienone is 4. The number of fused-ring (bicyclic) bond motifs is 3. The molecule has 0 heterocycles. The van der Waals surface area contributed by atoms with Crippen molar-refractivity contribution in [2.75, 3.05) is 0 Å². The normalized spacial score (nSPS) is 13.9. The third kappa shape index (κ3) is 14.7. The molecule has 4 aromatic rings. The summed E-state index contributed by atoms with van der Waals surface area (Å²) >= 11 is 1.30. The predicted octanol–water partition coefficient (Wildman–Crippen LogP) is 12.8. The molecule has 3 heteroatoms. The molecule has 1 unspecified atom stereocenters. The molecule has 2 aliphatic carbocycles. The molecule has 6 rings (SSSR count). The van der Waals surface area contributed by atoms with Gasteiger partial charge in [-0.05, 0) is 17.3 Å². The minimum Gasteiger partial charge on any atom is -0.179 e. The van der Waals surface area contributed by atoms with Crippen LogP contribution in [0.4, 0.5) is 0 Å². The molecule has 2 aliphatic rings. The molecule has 0 radical (unpaired) electrons. The van der Waals surface area contributed by atoms with E-state index in [1.807, 2.05) is 30.3 Å². The van der Waals surface area contributed by atoms with Crippen LogP contribution in [0.1, 0.15) is 98.4 Å². The van der Waals surface area contributed by atoms with Crippen LogP contribution in [0.25, 0.3) is 11.1 Å². The molecule has 0 saturated carbocycles. The van der Waals surface area contributed by atoms with Crippen LogP contribution in [0.2, 0.25) is 0 Å². The van der Waals surface area contributed by atoms with Crippen LogP contribution in [0, 0.1) is 35.6 Å². The van der Waals surface area contributed by atoms with Gasteiger partial charge in [-0.2, -0.15) is 113 Å². The monoisotopic (exact) mass is 756 g/mol. The molecule has 0 saturated heterocycles. The molecule has 258 valence electrons. The van der Waals surface area contributed by atoms with E-state index in [1.165, 1.54) is 68.8 Å². The van der Waals surface area contributed by atoms with Gasteiger partial charge in [-0.3, -0.25) is 6.08 Å². The minimum absolute atomic E-state index is 0. The van der Waals surface area contributed by atoms with Gasteiger partial charge in [-0.15, -0.1) is 30.4 Å². The Morgan fingerprint density at radius 1 is 0.625 bits per heavy atom. The van der Waals surface area contributed by atoms with Crippen molar-refractivity contribution in [1.82, 2.24) is 0 Å². The molecule has 0 fully saturated rings. The van der Waals surface area contributed by atoms with Crippen LogP contribution in [-0.4, -0.2) is 4.21 Å². The van der Waals surface area contributed by atoms with E-state index in [4.69, 9.17) is 0 Å². The summed E-state index contributed by atoms with van der Waals surface area (Å²) in [4.78, 5) is 0. The van der Waals surface area contributed by atoms with Crippen LogP contribution < -0.4 is 0 Å². The molecular weight excluding hydrogens is 703 g/mol. The SMILES string of the molecule is CC(C)(C)c1cc[c-]cc1.CC(C)(C)c1cc[c-]cc1.CC1=[C-]C(C)C=C1C(C)(C)C.Cl.Cl.[CH2]=[Zr].[c-]1cccc2c1Cc1ccccc1-2. The van der Waals surface area contributed by atoms with Crippen molar-refractivity contribution in [3.05, 3.63) is 155 Å². The number of hydrogen-bond acceptors (Lipinski definition) is 0. The Labute approximate surface area is 321 Å². The smallest absolute Gasteiger partial charge is 0.0253 e. The minimum atomic E-state index is 0. The van der Waals surface area contributed by atoms with Crippen LogP contribution in [0.3, 0.4) is 0 Å². The Morgan fingerprint density at radius 3 is 1.46 bits per heavy atom. The summed E-state index contributed by atoms with van der Waals surface area (Å²) in [6, 6.07) is 40.4. The first-order chi connectivity index (χ1) is 21.6. The fourth-order valence-electron chi connectivity index (χ4n) is 5.42. The number of halogens is 2. The maximum atomic E-state index is 3.40. The van der Waals surface area contributed by atoms with Gasteiger partial charge in [-0.1, -0.05) is 123 Å². The molecule has 1 atom stereocenters. The third-order valence-corrected chi connectivity index (χ3v) is 7.86. The average Bonchev–Trinajstić information content (AvgIpc) is 3.58. The van der Waals surface area contributed by atoms with Gasteiger partial charge in [0.25, 0.3) is 0 Å². The van der Waals surface area contributed by atoms with Gasteiger partial charge in [0.2, 0.25) is 0 Å². The fourth-order valence-corrected chi connectivity index (χ4v) is 5.42. The first kappa shape index (κ1) is 45.7. The second kappa shape index (κ2) is 21.0. The van der Waals surface area contributed by atoms with Crippen molar-refractivity contribution in [3.8, 4) is 11.1 Å². The standard InChI is InChI=1S/C13H9.C11H17.2C10H13.CH2.2ClH.Zr/c1-3-7-12-10(5-1)9-11-6-2-4-8-13(11)12;1-8-6-9(2)10(7-8)11(3,4)5;2*1-10(2,3)9-7-5-4-6-8-9;;;;/h1-5,7-8H,9H2;7-8H,1-5H3;2*5-8H,1-3H3;1H2;2*1H;/q4*-1;;;;. The summed E-state index contributed by atoms with van der Waals surface area (Å²) in [6.07, 6.45) is 6.76. The van der Waals surface area contributed by atoms with Crippen molar-refractivity contribution in [3.63, 3.8) is 0 Å². The second-order valence-corrected chi connectivity index (χ2v) is 14.9. The van der Waals surface area contributed by atoms with Crippen molar-refractivity contribution in [2.24, 2.45) is 11.3 Å². The van der Waals surface area contributed by atoms with Crippen LogP contribution >= 0.6 is 24.8 Å². The molecular formula is C45H56Cl2Zr-4. The largest absolute Gasteiger partial charge is 0.179 e. The topological polar surface area (TPSA) is 0 Å². The molecule has 4 aromatic carbocycles. The van der Waals surface area contributed by atoms with Crippen molar-refractivity contribution in [2.45, 2.75) is 93.4 Å². The first-order valence-corrected chi connectivity index (χ1v) is 18.0. The van der Waals surface area contributed by atoms with E-state index in [-0.39, 0.29) is 35.6 Å². The number of benzene rings is 4. The zero-order valence-corrected chi connectivity index (χ0v) is 35.1. The third-order valence-electron chi connectivity index (χ3n) is 7.86. The summed E-state index contributed by atoms with van der Waals surface area (Å²) in [6.45, 7) is 24.4. The van der Waals surface area contributed by atoms with Gasteiger partial charge < -0.3 is 0 Å². The zero-order valence-electron chi connectivity index (χ0n) is 31.0. The van der Waals surface area contributed by atoms with Gasteiger partial charge in [0, 0.05) is 0 Å². The summed E-state index contributed by atoms with van der Waals surface area (Å²) in [5.41, 5.74) is 11.9. The van der Waals surface area contributed by atoms with E-state index in [2.05, 4.69) is 171 Å². The van der Waals surface area contributed by atoms with Crippen LogP contribution in [0.5, 0.6) is 0 Å². The van der Waals surface area contributed by atoms with Crippen molar-refractivity contribution in [1.29, 1.82) is 0 Å². The molecule has 0 bridgehead atoms. The van der Waals surface area contributed by atoms with Gasteiger partial charge in [-0.25, -0.2) is 5.57 Å². The Morgan fingerprint density at radius 2 is 1.08 bits per heavy atom. The average molecular weight is 759 g/mol. The van der Waals surface area contributed by atoms with Crippen molar-refractivity contribution < 1.29 is 24.2 Å². The molecule has 0 nitrogen and oxygen atoms in total. The van der Waals surface area contributed by atoms with E-state index in [0.29, 0.717) is 11.3 Å². The Balaban J connectivity index is 0.000000599. The number of rotatable bonds is 0. The van der Waals surface area contributed by atoms with Gasteiger partial charge in [0.05, 0.1) is 0 Å². The van der Waals surface area contributed by atoms with Crippen LogP contribution in [-0.2, 0) is 41.5 Å². The molecule has 48 heavy (non-hydrogen) atoms. The summed E-state index contributed by atoms with van der Waals surface area (Å²) < 4.78 is 3.34. The van der Waals surface area contributed by atoms with E-state index in [1.54, 1.807) is 0 Å². The maximum Gasteiger partial charge on any atom is -0.0253 e. The van der Waals surface area contributed by atoms with E-state index < -0.39 is 0 Å². The Bertz CT molecular complexity index is 1450. The molecule has 0 aromatic heterocycles. The molecule has 0 N–H and O–H groups in total. The Kier molecular flexibility index (Phi) is 20.0. The van der Waals surface area contributed by atoms with Crippen molar-refractivity contribution >= 4 is 29.0 Å². The summed E-state index contributed by atoms with van der Waals surface area (Å²) in [5.74, 6) is 0.518. The van der Waals surface area contributed by atoms with Gasteiger partial charge in [0.1, 0.15) is 0 Å². The quantitative estimate of drug-likeness (QED) is 0.138. The number of hydrogen-bond donors (Lipinski definition) is 0. The summed E-state index contributed by atoms with van der Waals surface area (Å²) in [7, 11) is 0. The molecule has 0 amide bonds. The van der Waals surface area contributed by atoms with Crippen LogP contribution in [0.15, 0.2) is 108 Å². The summed E-state index contributed by atoms with van der Waals surface area (Å²) in [5, 5.41) is 0. The second-order valence-electron chi connectivity index (χ2n) is 14.9. The van der Waals surface area contributed by atoms with Gasteiger partial charge in [0.15, 0.2) is 0 Å². The van der Waals surface area contributed by atoms with E-state index in [9.17, 15) is 0 Å². The molecule has 0 spiro atoms. The van der Waals surface area contributed by atoms with E-state index in [0.717, 1.165) is 6.42 Å². The predicted molar refractivity (Wildman–Crippen MR) is 212 cm³/mol.